The summed E-state index contributed by atoms with van der Waals surface area (Å²) in [6, 6.07) is 14.7. The molecule has 1 N–H and O–H groups in total. The van der Waals surface area contributed by atoms with E-state index in [0.717, 1.165) is 54.0 Å². The third-order valence-electron chi connectivity index (χ3n) is 5.96. The Kier molecular flexibility index (Phi) is 6.88. The van der Waals surface area contributed by atoms with E-state index in [1.807, 2.05) is 19.1 Å². The molecule has 1 aliphatic rings. The van der Waals surface area contributed by atoms with E-state index in [4.69, 9.17) is 5.11 Å². The maximum atomic E-state index is 13.1. The number of pyridine rings is 1. The molecular weight excluding hydrogens is 374 g/mol. The predicted molar refractivity (Wildman–Crippen MR) is 123 cm³/mol. The molecule has 158 valence electrons. The average molecular weight is 406 g/mol. The van der Waals surface area contributed by atoms with Crippen molar-refractivity contribution in [2.45, 2.75) is 51.4 Å². The lowest BCUT2D eigenvalue weighted by atomic mass is 9.88. The largest absolute Gasteiger partial charge is 0.400 e. The van der Waals surface area contributed by atoms with Gasteiger partial charge in [0.1, 0.15) is 6.29 Å². The minimum atomic E-state index is -0.286. The Morgan fingerprint density at radius 1 is 1.10 bits per heavy atom. The zero-order chi connectivity index (χ0) is 21.8. The molecule has 0 amide bonds. The van der Waals surface area contributed by atoms with Crippen LogP contribution in [0.3, 0.4) is 0 Å². The lowest BCUT2D eigenvalue weighted by Crippen LogP contribution is -2.24. The molecule has 1 aromatic heterocycles. The number of carbonyl (C=O) groups excluding carboxylic acids is 1. The molecule has 0 saturated heterocycles. The van der Waals surface area contributed by atoms with Gasteiger partial charge in [-0.3, -0.25) is 4.79 Å². The van der Waals surface area contributed by atoms with Crippen LogP contribution in [0.4, 0.5) is 0 Å². The summed E-state index contributed by atoms with van der Waals surface area (Å²) in [5, 5.41) is 8.65. The van der Waals surface area contributed by atoms with E-state index < -0.39 is 0 Å². The van der Waals surface area contributed by atoms with E-state index in [-0.39, 0.29) is 11.5 Å². The molecule has 3 aromatic rings. The molecule has 4 rings (SSSR count). The predicted octanol–water partition coefficient (Wildman–Crippen LogP) is 5.08. The maximum Gasteiger partial charge on any atom is 0.258 e. The normalized spacial score (nSPS) is 14.2. The van der Waals surface area contributed by atoms with Crippen molar-refractivity contribution in [3.8, 4) is 11.1 Å². The lowest BCUT2D eigenvalue weighted by Gasteiger charge is -2.22. The molecule has 1 fully saturated rings. The van der Waals surface area contributed by atoms with Crippen molar-refractivity contribution in [3.05, 3.63) is 69.6 Å². The highest BCUT2D eigenvalue weighted by Crippen LogP contribution is 2.41. The van der Waals surface area contributed by atoms with Gasteiger partial charge >= 0.3 is 0 Å². The molecule has 1 saturated carbocycles. The monoisotopic (exact) mass is 405 g/mol. The molecule has 2 aromatic carbocycles. The number of benzene rings is 2. The number of aromatic nitrogens is 1. The highest BCUT2D eigenvalue weighted by Gasteiger charge is 2.25. The second kappa shape index (κ2) is 9.40. The van der Waals surface area contributed by atoms with Gasteiger partial charge in [-0.25, -0.2) is 0 Å². The highest BCUT2D eigenvalue weighted by molar-refractivity contribution is 5.98. The van der Waals surface area contributed by atoms with Crippen molar-refractivity contribution >= 4 is 17.1 Å². The third-order valence-corrected chi connectivity index (χ3v) is 5.96. The number of aliphatic hydroxyl groups excluding tert-OH is 1. The second-order valence-electron chi connectivity index (χ2n) is 8.10. The van der Waals surface area contributed by atoms with E-state index in [1.165, 1.54) is 18.4 Å². The van der Waals surface area contributed by atoms with Crippen LogP contribution < -0.4 is 5.56 Å². The van der Waals surface area contributed by atoms with E-state index >= 15 is 0 Å². The molecule has 4 heteroatoms. The van der Waals surface area contributed by atoms with Gasteiger partial charge in [-0.2, -0.15) is 0 Å². The quantitative estimate of drug-likeness (QED) is 0.582. The number of hydrogen-bond donors (Lipinski definition) is 1. The number of carbonyl (C=O) groups is 1. The molecule has 1 aliphatic carbocycles. The Hall–Kier alpha value is -2.72. The Balaban J connectivity index is 0.00000124. The van der Waals surface area contributed by atoms with Crippen LogP contribution in [0.25, 0.3) is 21.9 Å². The number of aryl methyl sites for hydroxylation is 1. The minimum Gasteiger partial charge on any atom is -0.400 e. The van der Waals surface area contributed by atoms with Gasteiger partial charge in [-0.1, -0.05) is 55.3 Å². The summed E-state index contributed by atoms with van der Waals surface area (Å²) in [6.45, 7) is 4.11. The van der Waals surface area contributed by atoms with Crippen LogP contribution in [0.5, 0.6) is 0 Å². The van der Waals surface area contributed by atoms with Gasteiger partial charge < -0.3 is 14.5 Å². The number of hydrogen-bond acceptors (Lipinski definition) is 3. The van der Waals surface area contributed by atoms with Gasteiger partial charge in [-0.15, -0.1) is 0 Å². The summed E-state index contributed by atoms with van der Waals surface area (Å²) in [7, 11) is 2.80. The molecule has 0 radical (unpaired) electrons. The van der Waals surface area contributed by atoms with Gasteiger partial charge in [0.05, 0.1) is 5.92 Å². The van der Waals surface area contributed by atoms with Crippen LogP contribution in [0, 0.1) is 6.92 Å². The molecule has 0 spiro atoms. The molecular formula is C26H31NO3. The van der Waals surface area contributed by atoms with Crippen molar-refractivity contribution in [3.63, 3.8) is 0 Å². The smallest absolute Gasteiger partial charge is 0.258 e. The molecule has 4 nitrogen and oxygen atoms in total. The molecule has 0 bridgehead atoms. The summed E-state index contributed by atoms with van der Waals surface area (Å²) < 4.78 is 1.69. The third kappa shape index (κ3) is 4.10. The fourth-order valence-corrected chi connectivity index (χ4v) is 4.30. The molecule has 1 unspecified atom stereocenters. The number of rotatable bonds is 6. The maximum absolute atomic E-state index is 13.1. The zero-order valence-electron chi connectivity index (χ0n) is 18.3. The van der Waals surface area contributed by atoms with Gasteiger partial charge in [0.15, 0.2) is 0 Å². The van der Waals surface area contributed by atoms with E-state index in [1.54, 1.807) is 11.6 Å². The first-order chi connectivity index (χ1) is 14.5. The van der Waals surface area contributed by atoms with Crippen molar-refractivity contribution in [2.24, 2.45) is 7.05 Å². The van der Waals surface area contributed by atoms with Crippen molar-refractivity contribution in [1.29, 1.82) is 0 Å². The standard InChI is InChI=1S/C25H27NO2.CH4O/c1-4-5-20(15-27)24-23(19-11-9-18(10-12-19)17-7-8-17)22-14-16(2)6-13-21(22)25(28)26(24)3;1-2/h6,9-15,17,20H,4-5,7-8H2,1-3H3;2H,1H3. The molecule has 1 atom stereocenters. The first-order valence-electron chi connectivity index (χ1n) is 10.7. The Bertz CT molecular complexity index is 1090. The van der Waals surface area contributed by atoms with Crippen LogP contribution in [-0.4, -0.2) is 23.1 Å². The first kappa shape index (κ1) is 22.0. The Morgan fingerprint density at radius 2 is 1.77 bits per heavy atom. The fraction of sp³-hybridized carbons (Fsp3) is 0.385. The van der Waals surface area contributed by atoms with Crippen LogP contribution in [0.2, 0.25) is 0 Å². The molecule has 1 heterocycles. The highest BCUT2D eigenvalue weighted by atomic mass is 16.2. The summed E-state index contributed by atoms with van der Waals surface area (Å²) in [4.78, 5) is 25.0. The Morgan fingerprint density at radius 3 is 2.33 bits per heavy atom. The Labute approximate surface area is 178 Å². The van der Waals surface area contributed by atoms with E-state index in [0.29, 0.717) is 11.3 Å². The van der Waals surface area contributed by atoms with Gasteiger partial charge in [-0.05, 0) is 54.7 Å². The zero-order valence-corrected chi connectivity index (χ0v) is 18.3. The van der Waals surface area contributed by atoms with Crippen LogP contribution >= 0.6 is 0 Å². The second-order valence-corrected chi connectivity index (χ2v) is 8.10. The van der Waals surface area contributed by atoms with Crippen molar-refractivity contribution in [1.82, 2.24) is 4.57 Å². The fourth-order valence-electron chi connectivity index (χ4n) is 4.30. The molecule has 0 aliphatic heterocycles. The SMILES string of the molecule is CCCC(C=O)c1c(-c2ccc(C3CC3)cc2)c2cc(C)ccc2c(=O)n1C.CO. The lowest BCUT2D eigenvalue weighted by molar-refractivity contribution is -0.109. The molecule has 30 heavy (non-hydrogen) atoms. The summed E-state index contributed by atoms with van der Waals surface area (Å²) in [5.41, 5.74) is 5.39. The average Bonchev–Trinajstić information content (AvgIpc) is 3.62. The van der Waals surface area contributed by atoms with Gasteiger partial charge in [0, 0.05) is 30.8 Å². The van der Waals surface area contributed by atoms with Crippen LogP contribution in [0.1, 0.15) is 61.3 Å². The van der Waals surface area contributed by atoms with Crippen LogP contribution in [-0.2, 0) is 11.8 Å². The van der Waals surface area contributed by atoms with Crippen LogP contribution in [0.15, 0.2) is 47.3 Å². The van der Waals surface area contributed by atoms with E-state index in [2.05, 4.69) is 37.3 Å². The van der Waals surface area contributed by atoms with Gasteiger partial charge in [0.2, 0.25) is 0 Å². The summed E-state index contributed by atoms with van der Waals surface area (Å²) >= 11 is 0. The van der Waals surface area contributed by atoms with Crippen molar-refractivity contribution < 1.29 is 9.90 Å². The minimum absolute atomic E-state index is 0.0358. The number of nitrogens with zero attached hydrogens (tertiary/aromatic N) is 1. The topological polar surface area (TPSA) is 59.3 Å². The van der Waals surface area contributed by atoms with Gasteiger partial charge in [0.25, 0.3) is 5.56 Å². The first-order valence-corrected chi connectivity index (χ1v) is 10.7. The number of aliphatic hydroxyl groups is 1. The van der Waals surface area contributed by atoms with Crippen molar-refractivity contribution in [2.75, 3.05) is 7.11 Å². The summed E-state index contributed by atoms with van der Waals surface area (Å²) in [5.74, 6) is 0.418. The number of aldehydes is 1. The summed E-state index contributed by atoms with van der Waals surface area (Å²) in [6.07, 6.45) is 5.18. The number of fused-ring (bicyclic) bond motifs is 1. The van der Waals surface area contributed by atoms with E-state index in [9.17, 15) is 9.59 Å².